The number of fused-ring (bicyclic) bond motifs is 5. The SMILES string of the molecule is CC12CCCCC1CCC1C2CCC2(C)CC[C@@](C)(O)[C@@H]12. The lowest BCUT2D eigenvalue weighted by Crippen LogP contribution is -2.55. The molecule has 0 spiro atoms. The van der Waals surface area contributed by atoms with Crippen LogP contribution in [0.1, 0.15) is 85.0 Å². The van der Waals surface area contributed by atoms with Gasteiger partial charge in [-0.25, -0.2) is 0 Å². The Labute approximate surface area is 130 Å². The van der Waals surface area contributed by atoms with E-state index in [2.05, 4.69) is 20.8 Å². The van der Waals surface area contributed by atoms with Gasteiger partial charge in [0.1, 0.15) is 0 Å². The van der Waals surface area contributed by atoms with Crippen molar-refractivity contribution in [2.45, 2.75) is 90.6 Å². The molecule has 0 bridgehead atoms. The maximum atomic E-state index is 11.1. The van der Waals surface area contributed by atoms with Gasteiger partial charge in [-0.2, -0.15) is 0 Å². The summed E-state index contributed by atoms with van der Waals surface area (Å²) in [6.07, 6.45) is 13.8. The lowest BCUT2D eigenvalue weighted by Gasteiger charge is -2.61. The van der Waals surface area contributed by atoms with Crippen LogP contribution in [-0.4, -0.2) is 10.7 Å². The molecule has 4 aliphatic rings. The Kier molecular flexibility index (Phi) is 3.11. The van der Waals surface area contributed by atoms with Gasteiger partial charge in [0.15, 0.2) is 0 Å². The summed E-state index contributed by atoms with van der Waals surface area (Å²) < 4.78 is 0. The van der Waals surface area contributed by atoms with E-state index in [4.69, 9.17) is 0 Å². The minimum atomic E-state index is -0.393. The second-order valence-corrected chi connectivity index (χ2v) is 9.82. The Balaban J connectivity index is 1.69. The van der Waals surface area contributed by atoms with Crippen molar-refractivity contribution in [1.29, 1.82) is 0 Å². The molecule has 120 valence electrons. The third-order valence-electron chi connectivity index (χ3n) is 8.74. The zero-order chi connectivity index (χ0) is 14.9. The van der Waals surface area contributed by atoms with Gasteiger partial charge in [0.05, 0.1) is 5.60 Å². The maximum Gasteiger partial charge on any atom is 0.0656 e. The smallest absolute Gasteiger partial charge is 0.0656 e. The lowest BCUT2D eigenvalue weighted by atomic mass is 9.44. The van der Waals surface area contributed by atoms with Crippen molar-refractivity contribution in [2.75, 3.05) is 0 Å². The summed E-state index contributed by atoms with van der Waals surface area (Å²) in [6, 6.07) is 0. The average molecular weight is 290 g/mol. The molecule has 5 unspecified atom stereocenters. The topological polar surface area (TPSA) is 20.2 Å². The first kappa shape index (κ1) is 14.5. The Bertz CT molecular complexity index is 428. The van der Waals surface area contributed by atoms with Crippen molar-refractivity contribution in [1.82, 2.24) is 0 Å². The lowest BCUT2D eigenvalue weighted by molar-refractivity contribution is -0.145. The van der Waals surface area contributed by atoms with E-state index in [9.17, 15) is 5.11 Å². The average Bonchev–Trinajstić information content (AvgIpc) is 2.69. The molecule has 0 heterocycles. The van der Waals surface area contributed by atoms with Gasteiger partial charge in [-0.05, 0) is 92.8 Å². The maximum absolute atomic E-state index is 11.1. The van der Waals surface area contributed by atoms with Crippen LogP contribution in [0.25, 0.3) is 0 Å². The van der Waals surface area contributed by atoms with Gasteiger partial charge >= 0.3 is 0 Å². The van der Waals surface area contributed by atoms with Crippen LogP contribution < -0.4 is 0 Å². The summed E-state index contributed by atoms with van der Waals surface area (Å²) in [6.45, 7) is 7.27. The summed E-state index contributed by atoms with van der Waals surface area (Å²) in [5.74, 6) is 3.27. The van der Waals surface area contributed by atoms with E-state index in [0.717, 1.165) is 24.2 Å². The Morgan fingerprint density at radius 2 is 1.62 bits per heavy atom. The minimum absolute atomic E-state index is 0.393. The molecule has 4 saturated carbocycles. The normalized spacial score (nSPS) is 60.0. The molecule has 0 aromatic rings. The van der Waals surface area contributed by atoms with Crippen LogP contribution in [-0.2, 0) is 0 Å². The quantitative estimate of drug-likeness (QED) is 0.652. The van der Waals surface area contributed by atoms with Crippen molar-refractivity contribution in [3.05, 3.63) is 0 Å². The summed E-state index contributed by atoms with van der Waals surface area (Å²) in [4.78, 5) is 0. The molecule has 4 rings (SSSR count). The van der Waals surface area contributed by atoms with E-state index in [1.807, 2.05) is 0 Å². The van der Waals surface area contributed by atoms with Gasteiger partial charge in [-0.15, -0.1) is 0 Å². The van der Waals surface area contributed by atoms with Crippen molar-refractivity contribution in [3.63, 3.8) is 0 Å². The van der Waals surface area contributed by atoms with Crippen LogP contribution >= 0.6 is 0 Å². The molecule has 0 aliphatic heterocycles. The zero-order valence-corrected chi connectivity index (χ0v) is 14.3. The monoisotopic (exact) mass is 290 g/mol. The Hall–Kier alpha value is -0.0400. The Morgan fingerprint density at radius 3 is 2.43 bits per heavy atom. The van der Waals surface area contributed by atoms with Crippen LogP contribution in [0.15, 0.2) is 0 Å². The molecule has 0 saturated heterocycles. The molecular formula is C20H34O. The summed E-state index contributed by atoms with van der Waals surface area (Å²) in [5, 5.41) is 11.1. The summed E-state index contributed by atoms with van der Waals surface area (Å²) >= 11 is 0. The van der Waals surface area contributed by atoms with Crippen LogP contribution in [0.4, 0.5) is 0 Å². The molecule has 0 aromatic heterocycles. The fourth-order valence-corrected chi connectivity index (χ4v) is 7.76. The van der Waals surface area contributed by atoms with Gasteiger partial charge in [-0.1, -0.05) is 26.7 Å². The standard InChI is InChI=1S/C20H34O/c1-18-11-9-16-15(17(18)20(3,21)13-12-18)8-7-14-6-4-5-10-19(14,16)2/h14-17,21H,4-13H2,1-3H3/t14?,15?,16?,17-,18?,19?,20+/m0/s1. The number of hydrogen-bond donors (Lipinski definition) is 1. The first-order valence-electron chi connectivity index (χ1n) is 9.59. The molecule has 4 aliphatic carbocycles. The van der Waals surface area contributed by atoms with Crippen molar-refractivity contribution in [3.8, 4) is 0 Å². The van der Waals surface area contributed by atoms with Gasteiger partial charge in [-0.3, -0.25) is 0 Å². The molecule has 21 heavy (non-hydrogen) atoms. The van der Waals surface area contributed by atoms with E-state index in [0.29, 0.717) is 16.7 Å². The minimum Gasteiger partial charge on any atom is -0.390 e. The van der Waals surface area contributed by atoms with Crippen LogP contribution in [0.2, 0.25) is 0 Å². The van der Waals surface area contributed by atoms with Gasteiger partial charge in [0, 0.05) is 0 Å². The molecule has 0 amide bonds. The van der Waals surface area contributed by atoms with E-state index in [-0.39, 0.29) is 0 Å². The molecule has 0 radical (unpaired) electrons. The highest BCUT2D eigenvalue weighted by Crippen LogP contribution is 2.67. The fraction of sp³-hybridized carbons (Fsp3) is 1.00. The summed E-state index contributed by atoms with van der Waals surface area (Å²) in [5.41, 5.74) is 0.639. The van der Waals surface area contributed by atoms with E-state index in [1.54, 1.807) is 0 Å². The fourth-order valence-electron chi connectivity index (χ4n) is 7.76. The molecule has 1 nitrogen and oxygen atoms in total. The predicted molar refractivity (Wildman–Crippen MR) is 87.0 cm³/mol. The van der Waals surface area contributed by atoms with Crippen LogP contribution in [0.5, 0.6) is 0 Å². The molecule has 1 heteroatoms. The van der Waals surface area contributed by atoms with Crippen LogP contribution in [0.3, 0.4) is 0 Å². The van der Waals surface area contributed by atoms with Gasteiger partial charge < -0.3 is 5.11 Å². The highest BCUT2D eigenvalue weighted by molar-refractivity contribution is 5.12. The first-order chi connectivity index (χ1) is 9.87. The van der Waals surface area contributed by atoms with Gasteiger partial charge in [0.25, 0.3) is 0 Å². The second kappa shape index (κ2) is 4.49. The predicted octanol–water partition coefficient (Wildman–Crippen LogP) is 5.17. The van der Waals surface area contributed by atoms with E-state index in [1.165, 1.54) is 57.8 Å². The van der Waals surface area contributed by atoms with E-state index < -0.39 is 5.60 Å². The molecule has 0 aromatic carbocycles. The molecule has 4 fully saturated rings. The highest BCUT2D eigenvalue weighted by atomic mass is 16.3. The summed E-state index contributed by atoms with van der Waals surface area (Å²) in [7, 11) is 0. The van der Waals surface area contributed by atoms with Crippen molar-refractivity contribution in [2.24, 2.45) is 34.5 Å². The van der Waals surface area contributed by atoms with Crippen molar-refractivity contribution < 1.29 is 5.11 Å². The number of rotatable bonds is 0. The number of hydrogen-bond acceptors (Lipinski definition) is 1. The highest BCUT2D eigenvalue weighted by Gasteiger charge is 2.62. The number of aliphatic hydroxyl groups is 1. The van der Waals surface area contributed by atoms with Crippen molar-refractivity contribution >= 4 is 0 Å². The third kappa shape index (κ3) is 1.92. The first-order valence-corrected chi connectivity index (χ1v) is 9.59. The largest absolute Gasteiger partial charge is 0.390 e. The third-order valence-corrected chi connectivity index (χ3v) is 8.74. The molecule has 7 atom stereocenters. The van der Waals surface area contributed by atoms with Gasteiger partial charge in [0.2, 0.25) is 0 Å². The molecular weight excluding hydrogens is 256 g/mol. The molecule has 1 N–H and O–H groups in total. The Morgan fingerprint density at radius 1 is 0.810 bits per heavy atom. The van der Waals surface area contributed by atoms with E-state index >= 15 is 0 Å². The zero-order valence-electron chi connectivity index (χ0n) is 14.3. The second-order valence-electron chi connectivity index (χ2n) is 9.82. The van der Waals surface area contributed by atoms with Crippen LogP contribution in [0, 0.1) is 34.5 Å².